The molecule has 0 saturated heterocycles. The quantitative estimate of drug-likeness (QED) is 0.937. The Balaban J connectivity index is 1.83. The largest absolute Gasteiger partial charge is 0.489 e. The van der Waals surface area contributed by atoms with Crippen LogP contribution in [0.15, 0.2) is 24.5 Å². The molecule has 0 spiro atoms. The van der Waals surface area contributed by atoms with E-state index in [-0.39, 0.29) is 12.1 Å². The zero-order chi connectivity index (χ0) is 14.1. The van der Waals surface area contributed by atoms with Gasteiger partial charge in [0.25, 0.3) is 0 Å². The molecule has 2 heterocycles. The molecule has 1 unspecified atom stereocenters. The highest BCUT2D eigenvalue weighted by molar-refractivity contribution is 7.12. The summed E-state index contributed by atoms with van der Waals surface area (Å²) in [6.07, 6.45) is 7.42. The Morgan fingerprint density at radius 2 is 2.10 bits per heavy atom. The van der Waals surface area contributed by atoms with Crippen LogP contribution in [0.2, 0.25) is 0 Å². The van der Waals surface area contributed by atoms with Gasteiger partial charge < -0.3 is 10.5 Å². The van der Waals surface area contributed by atoms with Crippen molar-refractivity contribution in [2.45, 2.75) is 45.3 Å². The van der Waals surface area contributed by atoms with Crippen LogP contribution < -0.4 is 10.5 Å². The number of fused-ring (bicyclic) bond motifs is 1. The van der Waals surface area contributed by atoms with Gasteiger partial charge in [-0.15, -0.1) is 11.3 Å². The van der Waals surface area contributed by atoms with E-state index in [4.69, 9.17) is 10.5 Å². The number of nitrogens with two attached hydrogens (primary N) is 1. The number of ether oxygens (including phenoxy) is 1. The van der Waals surface area contributed by atoms with Gasteiger partial charge in [0.05, 0.1) is 18.3 Å². The van der Waals surface area contributed by atoms with E-state index in [9.17, 15) is 0 Å². The Labute approximate surface area is 123 Å². The van der Waals surface area contributed by atoms with Gasteiger partial charge in [-0.1, -0.05) is 0 Å². The number of aryl methyl sites for hydroxylation is 2. The predicted octanol–water partition coefficient (Wildman–Crippen LogP) is 3.47. The van der Waals surface area contributed by atoms with E-state index in [1.54, 1.807) is 6.20 Å². The van der Waals surface area contributed by atoms with Crippen molar-refractivity contribution < 1.29 is 4.74 Å². The van der Waals surface area contributed by atoms with E-state index in [0.717, 1.165) is 11.3 Å². The Hall–Kier alpha value is -1.39. The third-order valence-corrected chi connectivity index (χ3v) is 4.86. The molecule has 2 aromatic rings. The Morgan fingerprint density at radius 3 is 2.85 bits per heavy atom. The standard InChI is InChI=1S/C16H20N2OS/c1-10(2)19-13-6-12(8-18-9-13)16(17)15-7-11-4-3-5-14(11)20-15/h6-10,16H,3-5,17H2,1-2H3. The summed E-state index contributed by atoms with van der Waals surface area (Å²) in [5, 5.41) is 0. The summed E-state index contributed by atoms with van der Waals surface area (Å²) in [5.41, 5.74) is 8.90. The SMILES string of the molecule is CC(C)Oc1cncc(C(N)c2cc3c(s2)CCC3)c1. The lowest BCUT2D eigenvalue weighted by Crippen LogP contribution is -2.12. The maximum Gasteiger partial charge on any atom is 0.138 e. The van der Waals surface area contributed by atoms with Crippen LogP contribution in [0.4, 0.5) is 0 Å². The summed E-state index contributed by atoms with van der Waals surface area (Å²) >= 11 is 1.85. The van der Waals surface area contributed by atoms with Gasteiger partial charge >= 0.3 is 0 Å². The first-order valence-electron chi connectivity index (χ1n) is 7.12. The maximum absolute atomic E-state index is 6.39. The zero-order valence-corrected chi connectivity index (χ0v) is 12.7. The molecule has 3 nitrogen and oxygen atoms in total. The highest BCUT2D eigenvalue weighted by atomic mass is 32.1. The molecule has 0 radical (unpaired) electrons. The van der Waals surface area contributed by atoms with E-state index in [0.29, 0.717) is 0 Å². The number of nitrogens with zero attached hydrogens (tertiary/aromatic N) is 1. The van der Waals surface area contributed by atoms with Crippen LogP contribution in [0.5, 0.6) is 5.75 Å². The van der Waals surface area contributed by atoms with Crippen molar-refractivity contribution in [3.05, 3.63) is 45.4 Å². The minimum atomic E-state index is -0.103. The lowest BCUT2D eigenvalue weighted by atomic mass is 10.1. The van der Waals surface area contributed by atoms with Crippen molar-refractivity contribution in [1.82, 2.24) is 4.98 Å². The molecule has 1 atom stereocenters. The predicted molar refractivity (Wildman–Crippen MR) is 82.4 cm³/mol. The lowest BCUT2D eigenvalue weighted by molar-refractivity contribution is 0.241. The van der Waals surface area contributed by atoms with Crippen molar-refractivity contribution in [3.63, 3.8) is 0 Å². The van der Waals surface area contributed by atoms with Crippen molar-refractivity contribution in [3.8, 4) is 5.75 Å². The average Bonchev–Trinajstić information content (AvgIpc) is 2.98. The molecule has 0 aliphatic heterocycles. The van der Waals surface area contributed by atoms with Gasteiger partial charge in [0.15, 0.2) is 0 Å². The molecule has 106 valence electrons. The summed E-state index contributed by atoms with van der Waals surface area (Å²) in [6.45, 7) is 4.02. The Kier molecular flexibility index (Phi) is 3.76. The fourth-order valence-electron chi connectivity index (χ4n) is 2.61. The second-order valence-electron chi connectivity index (χ2n) is 5.55. The fraction of sp³-hybridized carbons (Fsp3) is 0.438. The van der Waals surface area contributed by atoms with Crippen molar-refractivity contribution >= 4 is 11.3 Å². The van der Waals surface area contributed by atoms with E-state index in [1.165, 1.54) is 34.6 Å². The van der Waals surface area contributed by atoms with Crippen LogP contribution in [0, 0.1) is 0 Å². The molecule has 1 aliphatic rings. The van der Waals surface area contributed by atoms with Crippen molar-refractivity contribution in [1.29, 1.82) is 0 Å². The topological polar surface area (TPSA) is 48.1 Å². The monoisotopic (exact) mass is 288 g/mol. The average molecular weight is 288 g/mol. The van der Waals surface area contributed by atoms with Gasteiger partial charge in [-0.3, -0.25) is 4.98 Å². The summed E-state index contributed by atoms with van der Waals surface area (Å²) in [7, 11) is 0. The van der Waals surface area contributed by atoms with Crippen LogP contribution in [0.25, 0.3) is 0 Å². The number of rotatable bonds is 4. The molecule has 0 aromatic carbocycles. The number of aromatic nitrogens is 1. The number of hydrogen-bond donors (Lipinski definition) is 1. The first kappa shape index (κ1) is 13.6. The smallest absolute Gasteiger partial charge is 0.138 e. The highest BCUT2D eigenvalue weighted by Gasteiger charge is 2.19. The molecular formula is C16H20N2OS. The molecule has 3 rings (SSSR count). The second kappa shape index (κ2) is 5.54. The second-order valence-corrected chi connectivity index (χ2v) is 6.72. The van der Waals surface area contributed by atoms with E-state index in [2.05, 4.69) is 11.1 Å². The van der Waals surface area contributed by atoms with Crippen LogP contribution >= 0.6 is 11.3 Å². The van der Waals surface area contributed by atoms with Crippen molar-refractivity contribution in [2.75, 3.05) is 0 Å². The van der Waals surface area contributed by atoms with Gasteiger partial charge in [0, 0.05) is 16.0 Å². The summed E-state index contributed by atoms with van der Waals surface area (Å²) in [4.78, 5) is 6.99. The highest BCUT2D eigenvalue weighted by Crippen LogP contribution is 2.35. The molecule has 20 heavy (non-hydrogen) atoms. The molecule has 4 heteroatoms. The van der Waals surface area contributed by atoms with Crippen LogP contribution in [0.3, 0.4) is 0 Å². The number of thiophene rings is 1. The minimum Gasteiger partial charge on any atom is -0.489 e. The van der Waals surface area contributed by atoms with Gasteiger partial charge in [0.2, 0.25) is 0 Å². The molecule has 0 amide bonds. The van der Waals surface area contributed by atoms with Crippen LogP contribution in [-0.4, -0.2) is 11.1 Å². The first-order chi connectivity index (χ1) is 9.63. The maximum atomic E-state index is 6.39. The Bertz CT molecular complexity index is 585. The first-order valence-corrected chi connectivity index (χ1v) is 7.94. The third-order valence-electron chi connectivity index (χ3n) is 3.54. The molecule has 0 saturated carbocycles. The van der Waals surface area contributed by atoms with Gasteiger partial charge in [-0.2, -0.15) is 0 Å². The molecule has 2 aromatic heterocycles. The van der Waals surface area contributed by atoms with Gasteiger partial charge in [0.1, 0.15) is 5.75 Å². The normalized spacial score (nSPS) is 15.4. The van der Waals surface area contributed by atoms with E-state index >= 15 is 0 Å². The lowest BCUT2D eigenvalue weighted by Gasteiger charge is -2.13. The summed E-state index contributed by atoms with van der Waals surface area (Å²) < 4.78 is 5.69. The molecule has 0 bridgehead atoms. The zero-order valence-electron chi connectivity index (χ0n) is 11.9. The van der Waals surface area contributed by atoms with E-state index < -0.39 is 0 Å². The number of hydrogen-bond acceptors (Lipinski definition) is 4. The van der Waals surface area contributed by atoms with E-state index in [1.807, 2.05) is 37.4 Å². The third kappa shape index (κ3) is 2.72. The Morgan fingerprint density at radius 1 is 1.25 bits per heavy atom. The summed E-state index contributed by atoms with van der Waals surface area (Å²) in [6, 6.07) is 4.17. The van der Waals surface area contributed by atoms with Gasteiger partial charge in [-0.25, -0.2) is 0 Å². The fourth-order valence-corrected chi connectivity index (χ4v) is 3.90. The van der Waals surface area contributed by atoms with Crippen LogP contribution in [0.1, 0.15) is 47.2 Å². The van der Waals surface area contributed by atoms with Crippen molar-refractivity contribution in [2.24, 2.45) is 5.73 Å². The molecule has 1 aliphatic carbocycles. The van der Waals surface area contributed by atoms with Gasteiger partial charge in [-0.05, 0) is 56.4 Å². The summed E-state index contributed by atoms with van der Waals surface area (Å²) in [5.74, 6) is 0.789. The molecule has 0 fully saturated rings. The van der Waals surface area contributed by atoms with Crippen LogP contribution in [-0.2, 0) is 12.8 Å². The number of pyridine rings is 1. The molecular weight excluding hydrogens is 268 g/mol. The minimum absolute atomic E-state index is 0.103. The molecule has 2 N–H and O–H groups in total.